The Hall–Kier alpha value is -2.28. The van der Waals surface area contributed by atoms with Gasteiger partial charge in [-0.05, 0) is 76.7 Å². The monoisotopic (exact) mass is 460 g/mol. The predicted molar refractivity (Wildman–Crippen MR) is 127 cm³/mol. The number of rotatable bonds is 8. The number of amides is 2. The lowest BCUT2D eigenvalue weighted by atomic mass is 9.94. The van der Waals surface area contributed by atoms with Crippen LogP contribution in [0.4, 0.5) is 9.59 Å². The summed E-state index contributed by atoms with van der Waals surface area (Å²) in [7, 11) is 0. The van der Waals surface area contributed by atoms with Crippen molar-refractivity contribution in [3.63, 3.8) is 0 Å². The second kappa shape index (κ2) is 12.3. The minimum atomic E-state index is -0.468. The summed E-state index contributed by atoms with van der Waals surface area (Å²) < 4.78 is 16.8. The highest BCUT2D eigenvalue weighted by Crippen LogP contribution is 2.27. The summed E-state index contributed by atoms with van der Waals surface area (Å²) in [5.74, 6) is 1.08. The third-order valence-electron chi connectivity index (χ3n) is 6.36. The van der Waals surface area contributed by atoms with E-state index in [2.05, 4.69) is 5.32 Å². The summed E-state index contributed by atoms with van der Waals surface area (Å²) in [6.45, 7) is 8.94. The molecule has 1 saturated heterocycles. The Kier molecular flexibility index (Phi) is 9.41. The molecule has 7 nitrogen and oxygen atoms in total. The highest BCUT2D eigenvalue weighted by Gasteiger charge is 2.28. The highest BCUT2D eigenvalue weighted by atomic mass is 16.6. The van der Waals surface area contributed by atoms with E-state index >= 15 is 0 Å². The van der Waals surface area contributed by atoms with Crippen LogP contribution in [-0.2, 0) is 20.8 Å². The zero-order chi connectivity index (χ0) is 23.7. The van der Waals surface area contributed by atoms with E-state index in [1.165, 1.54) is 0 Å². The lowest BCUT2D eigenvalue weighted by Crippen LogP contribution is -2.39. The molecule has 2 atom stereocenters. The number of carbonyl (C=O) groups is 2. The first-order valence-electron chi connectivity index (χ1n) is 12.3. The number of nitrogens with one attached hydrogen (secondary N) is 1. The molecule has 0 radical (unpaired) electrons. The van der Waals surface area contributed by atoms with Crippen molar-refractivity contribution in [2.24, 2.45) is 11.8 Å². The Labute approximate surface area is 198 Å². The number of hydrogen-bond acceptors (Lipinski definition) is 5. The third kappa shape index (κ3) is 9.24. The first-order chi connectivity index (χ1) is 15.8. The van der Waals surface area contributed by atoms with E-state index in [0.717, 1.165) is 70.4 Å². The second-order valence-electron chi connectivity index (χ2n) is 10.4. The van der Waals surface area contributed by atoms with Crippen LogP contribution < -0.4 is 5.32 Å². The van der Waals surface area contributed by atoms with Gasteiger partial charge < -0.3 is 24.4 Å². The van der Waals surface area contributed by atoms with Gasteiger partial charge in [-0.15, -0.1) is 0 Å². The van der Waals surface area contributed by atoms with E-state index in [1.807, 2.05) is 56.0 Å². The van der Waals surface area contributed by atoms with Gasteiger partial charge >= 0.3 is 12.2 Å². The fourth-order valence-electron chi connectivity index (χ4n) is 4.55. The van der Waals surface area contributed by atoms with Gasteiger partial charge in [0.2, 0.25) is 0 Å². The molecule has 1 N–H and O–H groups in total. The molecule has 0 bridgehead atoms. The topological polar surface area (TPSA) is 77.1 Å². The second-order valence-corrected chi connectivity index (χ2v) is 10.4. The number of benzene rings is 1. The highest BCUT2D eigenvalue weighted by molar-refractivity contribution is 5.68. The molecule has 3 rings (SSSR count). The Morgan fingerprint density at radius 1 is 1.03 bits per heavy atom. The Bertz CT molecular complexity index is 741. The normalized spacial score (nSPS) is 21.6. The number of likely N-dealkylation sites (tertiary alicyclic amines) is 1. The van der Waals surface area contributed by atoms with Crippen LogP contribution in [0.2, 0.25) is 0 Å². The van der Waals surface area contributed by atoms with Gasteiger partial charge in [0.05, 0.1) is 0 Å². The number of nitrogens with zero attached hydrogens (tertiary/aromatic N) is 1. The maximum atomic E-state index is 12.3. The summed E-state index contributed by atoms with van der Waals surface area (Å²) in [5, 5.41) is 2.98. The number of carbonyl (C=O) groups excluding carboxylic acids is 2. The van der Waals surface area contributed by atoms with Gasteiger partial charge in [-0.2, -0.15) is 0 Å². The molecule has 1 aliphatic heterocycles. The van der Waals surface area contributed by atoms with Gasteiger partial charge in [0.15, 0.2) is 0 Å². The molecule has 1 aliphatic carbocycles. The third-order valence-corrected chi connectivity index (χ3v) is 6.36. The largest absolute Gasteiger partial charge is 0.445 e. The van der Waals surface area contributed by atoms with E-state index in [4.69, 9.17) is 14.2 Å². The fraction of sp³-hybridized carbons (Fsp3) is 0.692. The molecule has 0 aromatic heterocycles. The minimum Gasteiger partial charge on any atom is -0.445 e. The average molecular weight is 461 g/mol. The maximum Gasteiger partial charge on any atom is 0.410 e. The van der Waals surface area contributed by atoms with Crippen LogP contribution in [0.15, 0.2) is 30.3 Å². The molecule has 2 aliphatic rings. The molecule has 1 heterocycles. The zero-order valence-electron chi connectivity index (χ0n) is 20.4. The molecular formula is C26H40N2O5. The molecule has 1 saturated carbocycles. The van der Waals surface area contributed by atoms with Crippen molar-refractivity contribution in [2.75, 3.05) is 26.3 Å². The van der Waals surface area contributed by atoms with Crippen LogP contribution in [0.5, 0.6) is 0 Å². The van der Waals surface area contributed by atoms with Gasteiger partial charge in [-0.25, -0.2) is 9.59 Å². The number of piperidine rings is 1. The molecule has 1 aromatic rings. The molecular weight excluding hydrogens is 420 g/mol. The summed E-state index contributed by atoms with van der Waals surface area (Å²) in [5.41, 5.74) is 0.538. The predicted octanol–water partition coefficient (Wildman–Crippen LogP) is 5.14. The lowest BCUT2D eigenvalue weighted by Gasteiger charge is -2.31. The van der Waals surface area contributed by atoms with Crippen LogP contribution in [0.25, 0.3) is 0 Å². The quantitative estimate of drug-likeness (QED) is 0.544. The standard InChI is InChI=1S/C26H40N2O5/c1-26(2,3)33-24(29)27-23-10-9-22(17-23)18-31-16-13-20-11-14-28(15-12-20)25(30)32-19-21-7-5-4-6-8-21/h4-8,20,22-23H,9-19H2,1-3H3,(H,27,29)/t22-,23+/m0/s1. The summed E-state index contributed by atoms with van der Waals surface area (Å²) in [6, 6.07) is 9.95. The van der Waals surface area contributed by atoms with Crippen molar-refractivity contribution in [2.45, 2.75) is 77.5 Å². The first-order valence-corrected chi connectivity index (χ1v) is 12.3. The van der Waals surface area contributed by atoms with E-state index in [1.54, 1.807) is 0 Å². The van der Waals surface area contributed by atoms with Crippen LogP contribution in [0, 0.1) is 11.8 Å². The Morgan fingerprint density at radius 2 is 1.76 bits per heavy atom. The minimum absolute atomic E-state index is 0.180. The van der Waals surface area contributed by atoms with Gasteiger partial charge in [-0.3, -0.25) is 0 Å². The van der Waals surface area contributed by atoms with E-state index in [-0.39, 0.29) is 18.2 Å². The van der Waals surface area contributed by atoms with E-state index in [9.17, 15) is 9.59 Å². The number of alkyl carbamates (subject to hydrolysis) is 1. The van der Waals surface area contributed by atoms with Crippen LogP contribution in [0.1, 0.15) is 64.9 Å². The Morgan fingerprint density at radius 3 is 2.45 bits per heavy atom. The lowest BCUT2D eigenvalue weighted by molar-refractivity contribution is 0.0496. The molecule has 184 valence electrons. The number of ether oxygens (including phenoxy) is 3. The molecule has 1 aromatic carbocycles. The first kappa shape index (κ1) is 25.3. The van der Waals surface area contributed by atoms with Crippen molar-refractivity contribution in [1.82, 2.24) is 10.2 Å². The summed E-state index contributed by atoms with van der Waals surface area (Å²) in [6.07, 6.45) is 5.47. The Balaban J connectivity index is 1.22. The fourth-order valence-corrected chi connectivity index (χ4v) is 4.55. The van der Waals surface area contributed by atoms with Crippen LogP contribution in [-0.4, -0.2) is 55.0 Å². The smallest absolute Gasteiger partial charge is 0.410 e. The van der Waals surface area contributed by atoms with Crippen molar-refractivity contribution in [3.05, 3.63) is 35.9 Å². The molecule has 0 spiro atoms. The van der Waals surface area contributed by atoms with Crippen molar-refractivity contribution >= 4 is 12.2 Å². The van der Waals surface area contributed by atoms with Gasteiger partial charge in [0.25, 0.3) is 0 Å². The molecule has 2 fully saturated rings. The molecule has 0 unspecified atom stereocenters. The maximum absolute atomic E-state index is 12.3. The summed E-state index contributed by atoms with van der Waals surface area (Å²) >= 11 is 0. The van der Waals surface area contributed by atoms with Crippen molar-refractivity contribution < 1.29 is 23.8 Å². The number of hydrogen-bond donors (Lipinski definition) is 1. The van der Waals surface area contributed by atoms with Gasteiger partial charge in [0, 0.05) is 32.3 Å². The van der Waals surface area contributed by atoms with Crippen LogP contribution >= 0.6 is 0 Å². The molecule has 33 heavy (non-hydrogen) atoms. The summed E-state index contributed by atoms with van der Waals surface area (Å²) in [4.78, 5) is 26.0. The van der Waals surface area contributed by atoms with Crippen molar-refractivity contribution in [3.8, 4) is 0 Å². The van der Waals surface area contributed by atoms with E-state index in [0.29, 0.717) is 18.4 Å². The van der Waals surface area contributed by atoms with Gasteiger partial charge in [0.1, 0.15) is 12.2 Å². The van der Waals surface area contributed by atoms with Gasteiger partial charge in [-0.1, -0.05) is 30.3 Å². The van der Waals surface area contributed by atoms with E-state index < -0.39 is 5.60 Å². The zero-order valence-corrected chi connectivity index (χ0v) is 20.4. The molecule has 2 amide bonds. The molecule has 7 heteroatoms. The average Bonchev–Trinajstić information content (AvgIpc) is 3.22. The van der Waals surface area contributed by atoms with Crippen LogP contribution in [0.3, 0.4) is 0 Å². The SMILES string of the molecule is CC(C)(C)OC(=O)N[C@@H]1CC[C@H](COCCC2CCN(C(=O)OCc3ccccc3)CC2)C1. The van der Waals surface area contributed by atoms with Crippen molar-refractivity contribution in [1.29, 1.82) is 0 Å².